The summed E-state index contributed by atoms with van der Waals surface area (Å²) in [6.07, 6.45) is 1.10. The molecule has 0 saturated heterocycles. The number of benzene rings is 2. The quantitative estimate of drug-likeness (QED) is 0.723. The molecule has 0 unspecified atom stereocenters. The topological polar surface area (TPSA) is 80.8 Å². The van der Waals surface area contributed by atoms with Gasteiger partial charge in [0, 0.05) is 18.4 Å². The first-order valence-corrected chi connectivity index (χ1v) is 9.82. The van der Waals surface area contributed by atoms with Crippen LogP contribution in [0.1, 0.15) is 21.5 Å². The van der Waals surface area contributed by atoms with Crippen molar-refractivity contribution in [2.45, 2.75) is 18.4 Å². The number of nitrogens with zero attached hydrogens (tertiary/aromatic N) is 1. The van der Waals surface area contributed by atoms with Crippen LogP contribution < -0.4 is 0 Å². The van der Waals surface area contributed by atoms with Gasteiger partial charge in [0.2, 0.25) is 0 Å². The van der Waals surface area contributed by atoms with Crippen LogP contribution in [0.25, 0.3) is 0 Å². The average molecular weight is 375 g/mol. The molecule has 7 heteroatoms. The minimum absolute atomic E-state index is 0.132. The molecule has 0 fully saturated rings. The molecule has 1 amide bonds. The Balaban J connectivity index is 2.30. The molecular formula is C19H21NO5S. The van der Waals surface area contributed by atoms with Crippen LogP contribution in [0.15, 0.2) is 53.4 Å². The summed E-state index contributed by atoms with van der Waals surface area (Å²) in [6, 6.07) is 13.2. The summed E-state index contributed by atoms with van der Waals surface area (Å²) in [5.74, 6) is -0.904. The molecule has 0 heterocycles. The van der Waals surface area contributed by atoms with Gasteiger partial charge in [0.25, 0.3) is 5.91 Å². The fraction of sp³-hybridized carbons (Fsp3) is 0.263. The number of rotatable bonds is 6. The number of carbonyl (C=O) groups excluding carboxylic acids is 2. The minimum Gasteiger partial charge on any atom is -0.468 e. The van der Waals surface area contributed by atoms with E-state index in [-0.39, 0.29) is 23.9 Å². The minimum atomic E-state index is -3.34. The first-order valence-electron chi connectivity index (χ1n) is 7.93. The molecule has 0 bridgehead atoms. The average Bonchev–Trinajstić information content (AvgIpc) is 2.61. The zero-order valence-corrected chi connectivity index (χ0v) is 15.7. The summed E-state index contributed by atoms with van der Waals surface area (Å²) in [6.45, 7) is 1.98. The number of aryl methyl sites for hydroxylation is 1. The molecular weight excluding hydrogens is 354 g/mol. The third-order valence-corrected chi connectivity index (χ3v) is 5.12. The van der Waals surface area contributed by atoms with Gasteiger partial charge in [0.15, 0.2) is 9.84 Å². The zero-order chi connectivity index (χ0) is 19.3. The number of hydrogen-bond donors (Lipinski definition) is 0. The lowest BCUT2D eigenvalue weighted by atomic mass is 10.1. The zero-order valence-electron chi connectivity index (χ0n) is 14.9. The summed E-state index contributed by atoms with van der Waals surface area (Å²) in [5, 5.41) is 0. The molecule has 138 valence electrons. The Kier molecular flexibility index (Phi) is 6.15. The van der Waals surface area contributed by atoms with Gasteiger partial charge in [-0.2, -0.15) is 0 Å². The van der Waals surface area contributed by atoms with Gasteiger partial charge in [0.1, 0.15) is 6.54 Å². The van der Waals surface area contributed by atoms with Crippen LogP contribution in [0.3, 0.4) is 0 Å². The van der Waals surface area contributed by atoms with Crippen LogP contribution in [-0.2, 0) is 25.9 Å². The highest BCUT2D eigenvalue weighted by atomic mass is 32.2. The molecule has 0 N–H and O–H groups in total. The van der Waals surface area contributed by atoms with E-state index in [1.54, 1.807) is 0 Å². The highest BCUT2D eigenvalue weighted by molar-refractivity contribution is 7.90. The molecule has 0 aliphatic rings. The first kappa shape index (κ1) is 19.7. The van der Waals surface area contributed by atoms with E-state index in [1.165, 1.54) is 36.3 Å². The summed E-state index contributed by atoms with van der Waals surface area (Å²) in [4.78, 5) is 26.1. The maximum Gasteiger partial charge on any atom is 0.325 e. The summed E-state index contributed by atoms with van der Waals surface area (Å²) >= 11 is 0. The Hall–Kier alpha value is -2.67. The lowest BCUT2D eigenvalue weighted by Crippen LogP contribution is -2.36. The Morgan fingerprint density at radius 3 is 2.19 bits per heavy atom. The molecule has 0 atom stereocenters. The van der Waals surface area contributed by atoms with Crippen LogP contribution in [0.4, 0.5) is 0 Å². The van der Waals surface area contributed by atoms with Gasteiger partial charge in [-0.25, -0.2) is 8.42 Å². The maximum absolute atomic E-state index is 12.8. The Bertz CT molecular complexity index is 904. The number of amides is 1. The highest BCUT2D eigenvalue weighted by Gasteiger charge is 2.21. The van der Waals surface area contributed by atoms with Crippen molar-refractivity contribution in [3.63, 3.8) is 0 Å². The number of sulfone groups is 1. The standard InChI is InChI=1S/C19H21NO5S/c1-14-6-4-5-7-16(14)12-20(13-18(21)25-2)19(22)15-8-10-17(11-9-15)26(3,23)24/h4-11H,12-13H2,1-3H3. The lowest BCUT2D eigenvalue weighted by Gasteiger charge is -2.22. The van der Waals surface area contributed by atoms with Crippen molar-refractivity contribution in [3.05, 3.63) is 65.2 Å². The van der Waals surface area contributed by atoms with Crippen molar-refractivity contribution in [1.82, 2.24) is 4.90 Å². The monoisotopic (exact) mass is 375 g/mol. The molecule has 0 aliphatic carbocycles. The van der Waals surface area contributed by atoms with Crippen LogP contribution in [0.5, 0.6) is 0 Å². The predicted octanol–water partition coefficient (Wildman–Crippen LogP) is 2.21. The molecule has 2 aromatic rings. The molecule has 0 radical (unpaired) electrons. The smallest absolute Gasteiger partial charge is 0.325 e. The molecule has 2 aromatic carbocycles. The second-order valence-corrected chi connectivity index (χ2v) is 7.98. The van der Waals surface area contributed by atoms with E-state index in [9.17, 15) is 18.0 Å². The van der Waals surface area contributed by atoms with Crippen LogP contribution in [0, 0.1) is 6.92 Å². The van der Waals surface area contributed by atoms with Crippen molar-refractivity contribution >= 4 is 21.7 Å². The summed E-state index contributed by atoms with van der Waals surface area (Å²) in [7, 11) is -2.08. The maximum atomic E-state index is 12.8. The van der Waals surface area contributed by atoms with Gasteiger partial charge in [-0.1, -0.05) is 24.3 Å². The molecule has 0 aliphatic heterocycles. The Labute approximate surface area is 153 Å². The van der Waals surface area contributed by atoms with Crippen LogP contribution >= 0.6 is 0 Å². The van der Waals surface area contributed by atoms with Crippen LogP contribution in [-0.4, -0.2) is 45.1 Å². The van der Waals surface area contributed by atoms with Crippen molar-refractivity contribution < 1.29 is 22.7 Å². The molecule has 26 heavy (non-hydrogen) atoms. The fourth-order valence-electron chi connectivity index (χ4n) is 2.44. The summed E-state index contributed by atoms with van der Waals surface area (Å²) < 4.78 is 27.8. The van der Waals surface area contributed by atoms with Gasteiger partial charge < -0.3 is 9.64 Å². The number of hydrogen-bond acceptors (Lipinski definition) is 5. The van der Waals surface area contributed by atoms with E-state index in [0.29, 0.717) is 5.56 Å². The van der Waals surface area contributed by atoms with Gasteiger partial charge in [-0.3, -0.25) is 9.59 Å². The van der Waals surface area contributed by atoms with Crippen molar-refractivity contribution in [1.29, 1.82) is 0 Å². The fourth-order valence-corrected chi connectivity index (χ4v) is 3.07. The largest absolute Gasteiger partial charge is 0.468 e. The lowest BCUT2D eigenvalue weighted by molar-refractivity contribution is -0.141. The van der Waals surface area contributed by atoms with Crippen molar-refractivity contribution in [2.24, 2.45) is 0 Å². The normalized spacial score (nSPS) is 11.0. The van der Waals surface area contributed by atoms with Crippen molar-refractivity contribution in [2.75, 3.05) is 19.9 Å². The van der Waals surface area contributed by atoms with Crippen molar-refractivity contribution in [3.8, 4) is 0 Å². The van der Waals surface area contributed by atoms with E-state index >= 15 is 0 Å². The molecule has 0 spiro atoms. The Morgan fingerprint density at radius 2 is 1.65 bits per heavy atom. The SMILES string of the molecule is COC(=O)CN(Cc1ccccc1C)C(=O)c1ccc(S(C)(=O)=O)cc1. The second kappa shape index (κ2) is 8.14. The molecule has 6 nitrogen and oxygen atoms in total. The third kappa shape index (κ3) is 4.92. The van der Waals surface area contributed by atoms with Gasteiger partial charge in [0.05, 0.1) is 12.0 Å². The number of methoxy groups -OCH3 is 1. The van der Waals surface area contributed by atoms with Gasteiger partial charge in [-0.05, 0) is 42.3 Å². The van der Waals surface area contributed by atoms with Crippen LogP contribution in [0.2, 0.25) is 0 Å². The predicted molar refractivity (Wildman–Crippen MR) is 97.5 cm³/mol. The molecule has 0 saturated carbocycles. The Morgan fingerprint density at radius 1 is 1.04 bits per heavy atom. The third-order valence-electron chi connectivity index (χ3n) is 3.99. The highest BCUT2D eigenvalue weighted by Crippen LogP contribution is 2.16. The van der Waals surface area contributed by atoms with E-state index in [1.807, 2.05) is 31.2 Å². The summed E-state index contributed by atoms with van der Waals surface area (Å²) in [5.41, 5.74) is 2.22. The van der Waals surface area contributed by atoms with Gasteiger partial charge >= 0.3 is 5.97 Å². The number of carbonyl (C=O) groups is 2. The number of ether oxygens (including phenoxy) is 1. The van der Waals surface area contributed by atoms with E-state index in [2.05, 4.69) is 4.74 Å². The van der Waals surface area contributed by atoms with E-state index in [4.69, 9.17) is 0 Å². The molecule has 2 rings (SSSR count). The van der Waals surface area contributed by atoms with E-state index in [0.717, 1.165) is 17.4 Å². The second-order valence-electron chi connectivity index (χ2n) is 5.96. The van der Waals surface area contributed by atoms with E-state index < -0.39 is 15.8 Å². The number of esters is 1. The van der Waals surface area contributed by atoms with Gasteiger partial charge in [-0.15, -0.1) is 0 Å². The first-order chi connectivity index (χ1) is 12.2. The molecule has 0 aromatic heterocycles.